The van der Waals surface area contributed by atoms with Crippen LogP contribution >= 0.6 is 0 Å². The first-order valence-electron chi connectivity index (χ1n) is 7.28. The highest BCUT2D eigenvalue weighted by molar-refractivity contribution is 5.41. The van der Waals surface area contributed by atoms with Crippen LogP contribution in [0.15, 0.2) is 18.2 Å². The van der Waals surface area contributed by atoms with Crippen LogP contribution in [-0.2, 0) is 6.42 Å². The van der Waals surface area contributed by atoms with Crippen LogP contribution in [0.4, 0.5) is 0 Å². The van der Waals surface area contributed by atoms with Gasteiger partial charge in [-0.1, -0.05) is 19.4 Å². The predicted octanol–water partition coefficient (Wildman–Crippen LogP) is 3.15. The van der Waals surface area contributed by atoms with Gasteiger partial charge in [0.15, 0.2) is 0 Å². The van der Waals surface area contributed by atoms with E-state index >= 15 is 0 Å². The monoisotopic (exact) mass is 263 g/mol. The Bertz CT molecular complexity index is 402. The molecule has 2 N–H and O–H groups in total. The van der Waals surface area contributed by atoms with Gasteiger partial charge in [-0.2, -0.15) is 0 Å². The minimum Gasteiger partial charge on any atom is -0.497 e. The number of ether oxygens (including phenoxy) is 2. The van der Waals surface area contributed by atoms with Crippen LogP contribution in [-0.4, -0.2) is 19.8 Å². The predicted molar refractivity (Wildman–Crippen MR) is 77.8 cm³/mol. The summed E-state index contributed by atoms with van der Waals surface area (Å²) < 4.78 is 11.3. The van der Waals surface area contributed by atoms with E-state index in [1.54, 1.807) is 7.11 Å². The van der Waals surface area contributed by atoms with Gasteiger partial charge in [0.05, 0.1) is 13.7 Å². The molecule has 1 aliphatic rings. The molecule has 0 bridgehead atoms. The normalized spacial score (nSPS) is 16.8. The van der Waals surface area contributed by atoms with Gasteiger partial charge in [0.25, 0.3) is 0 Å². The molecule has 1 aromatic carbocycles. The smallest absolute Gasteiger partial charge is 0.126 e. The number of benzene rings is 1. The topological polar surface area (TPSA) is 44.5 Å². The fraction of sp³-hybridized carbons (Fsp3) is 0.625. The van der Waals surface area contributed by atoms with E-state index in [-0.39, 0.29) is 6.04 Å². The minimum absolute atomic E-state index is 0.194. The molecule has 2 rings (SSSR count). The summed E-state index contributed by atoms with van der Waals surface area (Å²) in [6.07, 6.45) is 5.79. The van der Waals surface area contributed by atoms with E-state index in [4.69, 9.17) is 15.2 Å². The summed E-state index contributed by atoms with van der Waals surface area (Å²) in [5.74, 6) is 2.52. The summed E-state index contributed by atoms with van der Waals surface area (Å²) in [7, 11) is 1.68. The molecule has 0 aromatic heterocycles. The van der Waals surface area contributed by atoms with Crippen LogP contribution in [0.1, 0.15) is 38.2 Å². The number of nitrogens with two attached hydrogens (primary N) is 1. The Hall–Kier alpha value is -1.22. The van der Waals surface area contributed by atoms with Gasteiger partial charge in [-0.3, -0.25) is 0 Å². The zero-order chi connectivity index (χ0) is 13.7. The van der Waals surface area contributed by atoms with Crippen molar-refractivity contribution < 1.29 is 9.47 Å². The Kier molecular flexibility index (Phi) is 5.08. The zero-order valence-corrected chi connectivity index (χ0v) is 12.0. The highest BCUT2D eigenvalue weighted by atomic mass is 16.5. The van der Waals surface area contributed by atoms with E-state index in [9.17, 15) is 0 Å². The fourth-order valence-corrected chi connectivity index (χ4v) is 2.26. The first-order chi connectivity index (χ1) is 9.22. The van der Waals surface area contributed by atoms with E-state index in [1.807, 2.05) is 12.1 Å². The van der Waals surface area contributed by atoms with Crippen molar-refractivity contribution in [3.05, 3.63) is 23.8 Å². The molecule has 19 heavy (non-hydrogen) atoms. The molecule has 1 aromatic rings. The van der Waals surface area contributed by atoms with Crippen molar-refractivity contribution in [1.29, 1.82) is 0 Å². The first-order valence-corrected chi connectivity index (χ1v) is 7.28. The highest BCUT2D eigenvalue weighted by Crippen LogP contribution is 2.30. The molecule has 106 valence electrons. The molecular formula is C16H25NO2. The summed E-state index contributed by atoms with van der Waals surface area (Å²) in [6.45, 7) is 2.94. The van der Waals surface area contributed by atoms with Crippen LogP contribution in [0.3, 0.4) is 0 Å². The summed E-state index contributed by atoms with van der Waals surface area (Å²) in [5.41, 5.74) is 7.24. The summed E-state index contributed by atoms with van der Waals surface area (Å²) in [4.78, 5) is 0. The van der Waals surface area contributed by atoms with E-state index in [0.29, 0.717) is 0 Å². The Morgan fingerprint density at radius 3 is 2.74 bits per heavy atom. The molecule has 0 aliphatic heterocycles. The fourth-order valence-electron chi connectivity index (χ4n) is 2.26. The lowest BCUT2D eigenvalue weighted by atomic mass is 9.86. The van der Waals surface area contributed by atoms with Gasteiger partial charge in [-0.25, -0.2) is 0 Å². The van der Waals surface area contributed by atoms with Gasteiger partial charge < -0.3 is 15.2 Å². The number of methoxy groups -OCH3 is 1. The molecular weight excluding hydrogens is 238 g/mol. The summed E-state index contributed by atoms with van der Waals surface area (Å²) in [6, 6.07) is 6.23. The van der Waals surface area contributed by atoms with Gasteiger partial charge in [0.1, 0.15) is 11.5 Å². The summed E-state index contributed by atoms with van der Waals surface area (Å²) in [5, 5.41) is 0. The maximum absolute atomic E-state index is 6.05. The summed E-state index contributed by atoms with van der Waals surface area (Å²) >= 11 is 0. The van der Waals surface area contributed by atoms with Crippen LogP contribution in [0.25, 0.3) is 0 Å². The van der Waals surface area contributed by atoms with Crippen LogP contribution in [0, 0.1) is 5.92 Å². The SMILES string of the molecule is CCC(N)Cc1ccc(OC)cc1OCC1CCC1. The van der Waals surface area contributed by atoms with Gasteiger partial charge >= 0.3 is 0 Å². The molecule has 0 saturated heterocycles. The average Bonchev–Trinajstić information content (AvgIpc) is 2.38. The van der Waals surface area contributed by atoms with Crippen molar-refractivity contribution in [3.63, 3.8) is 0 Å². The Morgan fingerprint density at radius 2 is 2.16 bits per heavy atom. The van der Waals surface area contributed by atoms with E-state index in [1.165, 1.54) is 24.8 Å². The highest BCUT2D eigenvalue weighted by Gasteiger charge is 2.19. The van der Waals surface area contributed by atoms with Crippen molar-refractivity contribution >= 4 is 0 Å². The van der Waals surface area contributed by atoms with Gasteiger partial charge in [-0.15, -0.1) is 0 Å². The van der Waals surface area contributed by atoms with Crippen molar-refractivity contribution in [2.75, 3.05) is 13.7 Å². The lowest BCUT2D eigenvalue weighted by molar-refractivity contribution is 0.179. The third-order valence-electron chi connectivity index (χ3n) is 3.98. The largest absolute Gasteiger partial charge is 0.497 e. The minimum atomic E-state index is 0.194. The van der Waals surface area contributed by atoms with Gasteiger partial charge in [-0.05, 0) is 43.2 Å². The maximum Gasteiger partial charge on any atom is 0.126 e. The molecule has 1 unspecified atom stereocenters. The third-order valence-corrected chi connectivity index (χ3v) is 3.98. The van der Waals surface area contributed by atoms with Crippen LogP contribution in [0.5, 0.6) is 11.5 Å². The molecule has 1 saturated carbocycles. The Morgan fingerprint density at radius 1 is 1.37 bits per heavy atom. The lowest BCUT2D eigenvalue weighted by Gasteiger charge is -2.26. The molecule has 1 fully saturated rings. The van der Waals surface area contributed by atoms with E-state index in [2.05, 4.69) is 13.0 Å². The second-order valence-electron chi connectivity index (χ2n) is 5.45. The van der Waals surface area contributed by atoms with Crippen molar-refractivity contribution in [3.8, 4) is 11.5 Å². The quantitative estimate of drug-likeness (QED) is 0.822. The Labute approximate surface area is 116 Å². The Balaban J connectivity index is 2.05. The molecule has 0 heterocycles. The number of hydrogen-bond acceptors (Lipinski definition) is 3. The van der Waals surface area contributed by atoms with Gasteiger partial charge in [0, 0.05) is 12.1 Å². The molecule has 1 aliphatic carbocycles. The van der Waals surface area contributed by atoms with Crippen molar-refractivity contribution in [1.82, 2.24) is 0 Å². The maximum atomic E-state index is 6.05. The molecule has 0 spiro atoms. The van der Waals surface area contributed by atoms with Crippen molar-refractivity contribution in [2.45, 2.75) is 45.1 Å². The zero-order valence-electron chi connectivity index (χ0n) is 12.0. The van der Waals surface area contributed by atoms with E-state index < -0.39 is 0 Å². The molecule has 3 nitrogen and oxygen atoms in total. The molecule has 0 amide bonds. The lowest BCUT2D eigenvalue weighted by Crippen LogP contribution is -2.23. The number of rotatable bonds is 7. The second-order valence-corrected chi connectivity index (χ2v) is 5.45. The van der Waals surface area contributed by atoms with Gasteiger partial charge in [0.2, 0.25) is 0 Å². The molecule has 1 atom stereocenters. The standard InChI is InChI=1S/C16H25NO2/c1-3-14(17)9-13-7-8-15(18-2)10-16(13)19-11-12-5-4-6-12/h7-8,10,12,14H,3-6,9,11,17H2,1-2H3. The number of hydrogen-bond donors (Lipinski definition) is 1. The molecule has 3 heteroatoms. The van der Waals surface area contributed by atoms with Crippen LogP contribution in [0.2, 0.25) is 0 Å². The third kappa shape index (κ3) is 3.87. The van der Waals surface area contributed by atoms with E-state index in [0.717, 1.165) is 36.9 Å². The molecule has 0 radical (unpaired) electrons. The van der Waals surface area contributed by atoms with Crippen LogP contribution < -0.4 is 15.2 Å². The van der Waals surface area contributed by atoms with Crippen molar-refractivity contribution in [2.24, 2.45) is 11.7 Å². The average molecular weight is 263 g/mol. The second kappa shape index (κ2) is 6.80. The first kappa shape index (κ1) is 14.2.